The molecule has 0 aliphatic carbocycles. The maximum atomic E-state index is 9.77. The van der Waals surface area contributed by atoms with Crippen molar-refractivity contribution in [2.45, 2.75) is 6.04 Å². The largest absolute Gasteiger partial charge is 0.504 e. The van der Waals surface area contributed by atoms with E-state index in [4.69, 9.17) is 0 Å². The third-order valence-corrected chi connectivity index (χ3v) is 4.57. The van der Waals surface area contributed by atoms with Crippen LogP contribution in [-0.4, -0.2) is 41.3 Å². The number of benzene rings is 1. The molecule has 106 valence electrons. The third-order valence-electron chi connectivity index (χ3n) is 3.64. The van der Waals surface area contributed by atoms with Crippen LogP contribution in [0.2, 0.25) is 0 Å². The van der Waals surface area contributed by atoms with Gasteiger partial charge in [0.05, 0.1) is 6.04 Å². The molecule has 0 unspecified atom stereocenters. The first-order chi connectivity index (χ1) is 9.75. The van der Waals surface area contributed by atoms with E-state index in [9.17, 15) is 10.2 Å². The van der Waals surface area contributed by atoms with Gasteiger partial charge < -0.3 is 15.5 Å². The van der Waals surface area contributed by atoms with E-state index in [0.29, 0.717) is 0 Å². The van der Waals surface area contributed by atoms with Crippen LogP contribution in [-0.2, 0) is 0 Å². The van der Waals surface area contributed by atoms with Crippen molar-refractivity contribution in [3.05, 3.63) is 46.2 Å². The van der Waals surface area contributed by atoms with Gasteiger partial charge in [-0.3, -0.25) is 4.90 Å². The zero-order valence-corrected chi connectivity index (χ0v) is 11.9. The lowest BCUT2D eigenvalue weighted by molar-refractivity contribution is 0.200. The minimum atomic E-state index is -0.0704. The Morgan fingerprint density at radius 3 is 2.55 bits per heavy atom. The number of thiophene rings is 1. The summed E-state index contributed by atoms with van der Waals surface area (Å²) in [5, 5.41) is 24.7. The highest BCUT2D eigenvalue weighted by atomic mass is 32.1. The lowest BCUT2D eigenvalue weighted by Gasteiger charge is -2.34. The van der Waals surface area contributed by atoms with Crippen molar-refractivity contribution in [1.29, 1.82) is 0 Å². The second-order valence-corrected chi connectivity index (χ2v) is 5.93. The summed E-state index contributed by atoms with van der Waals surface area (Å²) in [5.74, 6) is -0.127. The topological polar surface area (TPSA) is 55.7 Å². The molecule has 0 amide bonds. The molecule has 1 aliphatic rings. The van der Waals surface area contributed by atoms with E-state index < -0.39 is 0 Å². The van der Waals surface area contributed by atoms with Gasteiger partial charge in [0.15, 0.2) is 11.5 Å². The van der Waals surface area contributed by atoms with Crippen LogP contribution >= 0.6 is 11.3 Å². The number of rotatable bonds is 3. The molecule has 0 spiro atoms. The Balaban J connectivity index is 1.98. The van der Waals surface area contributed by atoms with Crippen molar-refractivity contribution >= 4 is 11.3 Å². The van der Waals surface area contributed by atoms with E-state index in [1.54, 1.807) is 23.5 Å². The summed E-state index contributed by atoms with van der Waals surface area (Å²) in [6, 6.07) is 9.44. The maximum absolute atomic E-state index is 9.77. The third kappa shape index (κ3) is 2.65. The summed E-state index contributed by atoms with van der Waals surface area (Å²) in [7, 11) is 0. The quantitative estimate of drug-likeness (QED) is 0.758. The smallest absolute Gasteiger partial charge is 0.157 e. The Hall–Kier alpha value is -1.56. The van der Waals surface area contributed by atoms with E-state index in [1.807, 2.05) is 6.07 Å². The predicted molar refractivity (Wildman–Crippen MR) is 80.4 cm³/mol. The number of aromatic hydroxyl groups is 2. The van der Waals surface area contributed by atoms with Crippen LogP contribution in [0.1, 0.15) is 16.5 Å². The number of hydrogen-bond acceptors (Lipinski definition) is 5. The van der Waals surface area contributed by atoms with Crippen LogP contribution in [0.5, 0.6) is 11.5 Å². The van der Waals surface area contributed by atoms with Crippen molar-refractivity contribution in [1.82, 2.24) is 10.2 Å². The van der Waals surface area contributed by atoms with Gasteiger partial charge in [-0.05, 0) is 29.1 Å². The Labute approximate surface area is 122 Å². The van der Waals surface area contributed by atoms with Crippen molar-refractivity contribution in [3.63, 3.8) is 0 Å². The number of phenols is 2. The molecular weight excluding hydrogens is 272 g/mol. The van der Waals surface area contributed by atoms with E-state index in [-0.39, 0.29) is 17.5 Å². The number of piperazine rings is 1. The van der Waals surface area contributed by atoms with Gasteiger partial charge in [0.1, 0.15) is 0 Å². The zero-order valence-electron chi connectivity index (χ0n) is 11.1. The first kappa shape index (κ1) is 13.4. The predicted octanol–water partition coefficient (Wildman–Crippen LogP) is 2.15. The Kier molecular flexibility index (Phi) is 3.91. The second kappa shape index (κ2) is 5.83. The first-order valence-electron chi connectivity index (χ1n) is 6.76. The zero-order chi connectivity index (χ0) is 13.9. The van der Waals surface area contributed by atoms with Crippen LogP contribution in [0, 0.1) is 0 Å². The van der Waals surface area contributed by atoms with Crippen molar-refractivity contribution in [3.8, 4) is 11.5 Å². The molecule has 1 atom stereocenters. The fraction of sp³-hybridized carbons (Fsp3) is 0.333. The van der Waals surface area contributed by atoms with Crippen LogP contribution in [0.25, 0.3) is 0 Å². The normalized spacial score (nSPS) is 18.0. The van der Waals surface area contributed by atoms with E-state index in [1.165, 1.54) is 4.88 Å². The molecule has 20 heavy (non-hydrogen) atoms. The highest BCUT2D eigenvalue weighted by Gasteiger charge is 2.25. The minimum absolute atomic E-state index is 0.0563. The number of nitrogens with one attached hydrogen (secondary N) is 1. The molecule has 1 aliphatic heterocycles. The fourth-order valence-electron chi connectivity index (χ4n) is 2.65. The summed E-state index contributed by atoms with van der Waals surface area (Å²) in [5.41, 5.74) is 1.02. The van der Waals surface area contributed by atoms with Crippen molar-refractivity contribution < 1.29 is 10.2 Å². The van der Waals surface area contributed by atoms with E-state index in [0.717, 1.165) is 31.7 Å². The molecule has 3 rings (SSSR count). The van der Waals surface area contributed by atoms with Crippen molar-refractivity contribution in [2.24, 2.45) is 0 Å². The standard InChI is InChI=1S/C15H18N2O2S/c18-12-4-3-11(10-13(12)19)15(14-2-1-9-20-14)17-7-5-16-6-8-17/h1-4,9-10,15-16,18-19H,5-8H2/t15-/m1/s1. The van der Waals surface area contributed by atoms with Gasteiger partial charge in [-0.25, -0.2) is 0 Å². The number of nitrogens with zero attached hydrogens (tertiary/aromatic N) is 1. The SMILES string of the molecule is Oc1ccc([C@H](c2cccs2)N2CCNCC2)cc1O. The van der Waals surface area contributed by atoms with Gasteiger partial charge in [0, 0.05) is 31.1 Å². The van der Waals surface area contributed by atoms with Gasteiger partial charge in [-0.15, -0.1) is 11.3 Å². The molecule has 2 heterocycles. The Morgan fingerprint density at radius 1 is 1.10 bits per heavy atom. The lowest BCUT2D eigenvalue weighted by atomic mass is 10.0. The van der Waals surface area contributed by atoms with Crippen LogP contribution in [0.4, 0.5) is 0 Å². The molecule has 1 aromatic heterocycles. The maximum Gasteiger partial charge on any atom is 0.157 e. The van der Waals surface area contributed by atoms with Crippen LogP contribution in [0.3, 0.4) is 0 Å². The van der Waals surface area contributed by atoms with Crippen LogP contribution in [0.15, 0.2) is 35.7 Å². The first-order valence-corrected chi connectivity index (χ1v) is 7.64. The van der Waals surface area contributed by atoms with Crippen molar-refractivity contribution in [2.75, 3.05) is 26.2 Å². The Bertz CT molecular complexity index is 565. The van der Waals surface area contributed by atoms with E-state index >= 15 is 0 Å². The summed E-state index contributed by atoms with van der Waals surface area (Å²) in [6.07, 6.45) is 0. The summed E-state index contributed by atoms with van der Waals surface area (Å²) >= 11 is 1.72. The van der Waals surface area contributed by atoms with Gasteiger partial charge in [0.25, 0.3) is 0 Å². The molecule has 3 N–H and O–H groups in total. The molecule has 0 saturated carbocycles. The molecule has 0 radical (unpaired) electrons. The summed E-state index contributed by atoms with van der Waals surface area (Å²) in [6.45, 7) is 3.91. The lowest BCUT2D eigenvalue weighted by Crippen LogP contribution is -2.45. The number of hydrogen-bond donors (Lipinski definition) is 3. The monoisotopic (exact) mass is 290 g/mol. The molecule has 1 aromatic carbocycles. The molecule has 2 aromatic rings. The molecule has 4 nitrogen and oxygen atoms in total. The average molecular weight is 290 g/mol. The fourth-order valence-corrected chi connectivity index (χ4v) is 3.54. The highest BCUT2D eigenvalue weighted by molar-refractivity contribution is 7.10. The molecule has 5 heteroatoms. The minimum Gasteiger partial charge on any atom is -0.504 e. The summed E-state index contributed by atoms with van der Waals surface area (Å²) < 4.78 is 0. The molecule has 1 saturated heterocycles. The second-order valence-electron chi connectivity index (χ2n) is 4.95. The van der Waals surface area contributed by atoms with E-state index in [2.05, 4.69) is 27.7 Å². The number of phenolic OH excluding ortho intramolecular Hbond substituents is 2. The average Bonchev–Trinajstić information content (AvgIpc) is 2.98. The van der Waals surface area contributed by atoms with Gasteiger partial charge in [0.2, 0.25) is 0 Å². The van der Waals surface area contributed by atoms with Crippen LogP contribution < -0.4 is 5.32 Å². The van der Waals surface area contributed by atoms with Gasteiger partial charge in [-0.1, -0.05) is 12.1 Å². The highest BCUT2D eigenvalue weighted by Crippen LogP contribution is 2.35. The van der Waals surface area contributed by atoms with Gasteiger partial charge in [-0.2, -0.15) is 0 Å². The Morgan fingerprint density at radius 2 is 1.90 bits per heavy atom. The molecule has 1 fully saturated rings. The molecular formula is C15H18N2O2S. The summed E-state index contributed by atoms with van der Waals surface area (Å²) in [4.78, 5) is 3.67. The molecule has 0 bridgehead atoms. The van der Waals surface area contributed by atoms with Gasteiger partial charge >= 0.3 is 0 Å².